The molecule has 10 heteroatoms. The van der Waals surface area contributed by atoms with Crippen LogP contribution in [0.1, 0.15) is 41.5 Å². The summed E-state index contributed by atoms with van der Waals surface area (Å²) in [5, 5.41) is 0. The first-order valence-corrected chi connectivity index (χ1v) is 8.83. The molecule has 0 saturated carbocycles. The molecule has 2 rings (SSSR count). The van der Waals surface area contributed by atoms with Gasteiger partial charge in [0.15, 0.2) is 0 Å². The number of carbonyl (C=O) groups excluding carboxylic acids is 2. The molecule has 0 bridgehead atoms. The Morgan fingerprint density at radius 3 is 2.12 bits per heavy atom. The van der Waals surface area contributed by atoms with E-state index in [1.165, 1.54) is 0 Å². The molecule has 2 saturated heterocycles. The molecule has 0 aliphatic carbocycles. The first-order valence-electron chi connectivity index (χ1n) is 7.47. The average Bonchev–Trinajstić information content (AvgIpc) is 2.76. The Balaban J connectivity index is 2.47. The number of ether oxygens (including phenoxy) is 3. The van der Waals surface area contributed by atoms with Crippen LogP contribution < -0.4 is 0 Å². The van der Waals surface area contributed by atoms with Gasteiger partial charge in [-0.1, -0.05) is 0 Å². The molecule has 24 heavy (non-hydrogen) atoms. The summed E-state index contributed by atoms with van der Waals surface area (Å²) < 4.78 is 45.6. The van der Waals surface area contributed by atoms with Crippen molar-refractivity contribution in [3.05, 3.63) is 0 Å². The van der Waals surface area contributed by atoms with E-state index in [1.54, 1.807) is 41.5 Å². The van der Waals surface area contributed by atoms with E-state index in [4.69, 9.17) is 18.4 Å². The van der Waals surface area contributed by atoms with Crippen LogP contribution in [-0.4, -0.2) is 60.8 Å². The van der Waals surface area contributed by atoms with Crippen LogP contribution in [0.25, 0.3) is 0 Å². The van der Waals surface area contributed by atoms with Crippen molar-refractivity contribution >= 4 is 22.4 Å². The fraction of sp³-hybridized carbons (Fsp3) is 0.857. The fourth-order valence-corrected chi connectivity index (χ4v) is 3.89. The first-order chi connectivity index (χ1) is 10.7. The SMILES string of the molecule is CC(C)(C)OC(=O)N1[C@@]2(C(=O)OC(C)(C)C)COC[C@H]2OS1(=O)=O. The van der Waals surface area contributed by atoms with Crippen molar-refractivity contribution in [2.45, 2.75) is 64.4 Å². The van der Waals surface area contributed by atoms with Gasteiger partial charge in [-0.2, -0.15) is 12.7 Å². The molecule has 9 nitrogen and oxygen atoms in total. The molecule has 1 amide bonds. The molecule has 2 atom stereocenters. The molecule has 2 heterocycles. The van der Waals surface area contributed by atoms with Gasteiger partial charge in [0.1, 0.15) is 17.3 Å². The zero-order valence-electron chi connectivity index (χ0n) is 14.6. The Morgan fingerprint density at radius 1 is 1.08 bits per heavy atom. The van der Waals surface area contributed by atoms with Crippen LogP contribution in [0.4, 0.5) is 4.79 Å². The number of esters is 1. The lowest BCUT2D eigenvalue weighted by molar-refractivity contribution is -0.167. The average molecular weight is 365 g/mol. The van der Waals surface area contributed by atoms with Gasteiger partial charge >= 0.3 is 22.4 Å². The molecular weight excluding hydrogens is 342 g/mol. The van der Waals surface area contributed by atoms with E-state index in [-0.39, 0.29) is 13.2 Å². The van der Waals surface area contributed by atoms with Crippen LogP contribution in [0, 0.1) is 0 Å². The van der Waals surface area contributed by atoms with Crippen LogP contribution in [0.5, 0.6) is 0 Å². The maximum atomic E-state index is 12.7. The molecule has 2 fully saturated rings. The van der Waals surface area contributed by atoms with Gasteiger partial charge in [0.05, 0.1) is 13.2 Å². The largest absolute Gasteiger partial charge is 0.458 e. The predicted molar refractivity (Wildman–Crippen MR) is 81.3 cm³/mol. The quantitative estimate of drug-likeness (QED) is 0.633. The summed E-state index contributed by atoms with van der Waals surface area (Å²) in [4.78, 5) is 25.2. The zero-order chi connectivity index (χ0) is 18.6. The highest BCUT2D eigenvalue weighted by Crippen LogP contribution is 2.42. The van der Waals surface area contributed by atoms with Crippen molar-refractivity contribution in [1.29, 1.82) is 0 Å². The van der Waals surface area contributed by atoms with Crippen molar-refractivity contribution in [2.24, 2.45) is 0 Å². The van der Waals surface area contributed by atoms with Crippen LogP contribution >= 0.6 is 0 Å². The molecule has 0 aromatic heterocycles. The summed E-state index contributed by atoms with van der Waals surface area (Å²) in [5.41, 5.74) is -3.77. The standard InChI is InChI=1S/C14H23NO8S/c1-12(2,3)21-10(16)14-8-20-7-9(14)23-24(18,19)15(14)11(17)22-13(4,5)6/h9H,7-8H2,1-6H3/t9-,14+/m1/s1. The second kappa shape index (κ2) is 5.57. The molecule has 2 aliphatic rings. The van der Waals surface area contributed by atoms with Gasteiger partial charge in [0, 0.05) is 0 Å². The van der Waals surface area contributed by atoms with Gasteiger partial charge in [-0.3, -0.25) is 0 Å². The van der Waals surface area contributed by atoms with E-state index in [0.29, 0.717) is 4.31 Å². The summed E-state index contributed by atoms with van der Waals surface area (Å²) in [5.74, 6) is -0.913. The van der Waals surface area contributed by atoms with Gasteiger partial charge in [-0.05, 0) is 41.5 Å². The Hall–Kier alpha value is -1.39. The minimum absolute atomic E-state index is 0.155. The molecule has 0 N–H and O–H groups in total. The lowest BCUT2D eigenvalue weighted by atomic mass is 9.95. The number of carbonyl (C=O) groups is 2. The lowest BCUT2D eigenvalue weighted by Crippen LogP contribution is -2.61. The number of hydrogen-bond donors (Lipinski definition) is 0. The second-order valence-electron chi connectivity index (χ2n) is 7.73. The Morgan fingerprint density at radius 2 is 1.62 bits per heavy atom. The summed E-state index contributed by atoms with van der Waals surface area (Å²) in [6.07, 6.45) is -2.38. The number of hydrogen-bond acceptors (Lipinski definition) is 8. The van der Waals surface area contributed by atoms with Gasteiger partial charge in [0.25, 0.3) is 0 Å². The van der Waals surface area contributed by atoms with Crippen LogP contribution in [-0.2, 0) is 33.5 Å². The second-order valence-corrected chi connectivity index (χ2v) is 9.14. The monoisotopic (exact) mass is 365 g/mol. The first kappa shape index (κ1) is 18.9. The third kappa shape index (κ3) is 3.35. The highest BCUT2D eigenvalue weighted by atomic mass is 32.2. The van der Waals surface area contributed by atoms with Crippen molar-refractivity contribution in [2.75, 3.05) is 13.2 Å². The normalized spacial score (nSPS) is 29.2. The Kier molecular flexibility index (Phi) is 4.39. The van der Waals surface area contributed by atoms with Crippen molar-refractivity contribution in [3.8, 4) is 0 Å². The summed E-state index contributed by atoms with van der Waals surface area (Å²) in [7, 11) is -4.50. The van der Waals surface area contributed by atoms with Crippen LogP contribution in [0.2, 0.25) is 0 Å². The number of nitrogens with zero attached hydrogens (tertiary/aromatic N) is 1. The topological polar surface area (TPSA) is 108 Å². The smallest absolute Gasteiger partial charge is 0.427 e. The van der Waals surface area contributed by atoms with Crippen molar-refractivity contribution < 1.29 is 36.4 Å². The predicted octanol–water partition coefficient (Wildman–Crippen LogP) is 0.978. The number of amides is 1. The third-order valence-corrected chi connectivity index (χ3v) is 4.66. The minimum Gasteiger partial charge on any atom is -0.458 e. The van der Waals surface area contributed by atoms with Gasteiger partial charge in [0.2, 0.25) is 5.54 Å². The maximum Gasteiger partial charge on any atom is 0.427 e. The fourth-order valence-electron chi connectivity index (χ4n) is 2.44. The molecule has 0 spiro atoms. The Bertz CT molecular complexity index is 645. The summed E-state index contributed by atoms with van der Waals surface area (Å²) in [6, 6.07) is 0. The minimum atomic E-state index is -4.50. The highest BCUT2D eigenvalue weighted by Gasteiger charge is 2.70. The van der Waals surface area contributed by atoms with E-state index in [2.05, 4.69) is 0 Å². The molecule has 0 unspecified atom stereocenters. The zero-order valence-corrected chi connectivity index (χ0v) is 15.4. The van der Waals surface area contributed by atoms with Crippen LogP contribution in [0.15, 0.2) is 0 Å². The number of rotatable bonds is 1. The third-order valence-electron chi connectivity index (χ3n) is 3.26. The van der Waals surface area contributed by atoms with E-state index in [1.807, 2.05) is 0 Å². The lowest BCUT2D eigenvalue weighted by Gasteiger charge is -2.34. The highest BCUT2D eigenvalue weighted by molar-refractivity contribution is 7.85. The maximum absolute atomic E-state index is 12.7. The van der Waals surface area contributed by atoms with Gasteiger partial charge in [-0.15, -0.1) is 0 Å². The van der Waals surface area contributed by atoms with Crippen molar-refractivity contribution in [3.63, 3.8) is 0 Å². The van der Waals surface area contributed by atoms with Crippen LogP contribution in [0.3, 0.4) is 0 Å². The van der Waals surface area contributed by atoms with Gasteiger partial charge < -0.3 is 14.2 Å². The van der Waals surface area contributed by atoms with E-state index >= 15 is 0 Å². The molecular formula is C14H23NO8S. The molecule has 138 valence electrons. The van der Waals surface area contributed by atoms with E-state index < -0.39 is 45.2 Å². The summed E-state index contributed by atoms with van der Waals surface area (Å²) >= 11 is 0. The molecule has 0 aromatic rings. The van der Waals surface area contributed by atoms with E-state index in [9.17, 15) is 18.0 Å². The Labute approximate surface area is 141 Å². The molecule has 0 radical (unpaired) electrons. The van der Waals surface area contributed by atoms with Crippen molar-refractivity contribution in [1.82, 2.24) is 4.31 Å². The molecule has 2 aliphatic heterocycles. The summed E-state index contributed by atoms with van der Waals surface area (Å²) in [6.45, 7) is 9.13. The molecule has 0 aromatic carbocycles. The number of fused-ring (bicyclic) bond motifs is 1. The van der Waals surface area contributed by atoms with Gasteiger partial charge in [-0.25, -0.2) is 13.8 Å². The van der Waals surface area contributed by atoms with E-state index in [0.717, 1.165) is 0 Å².